The molecule has 0 amide bonds. The third-order valence-corrected chi connectivity index (χ3v) is 3.05. The molecule has 0 bridgehead atoms. The van der Waals surface area contributed by atoms with Crippen LogP contribution in [0, 0.1) is 6.92 Å². The maximum absolute atomic E-state index is 6.00. The predicted molar refractivity (Wildman–Crippen MR) is 63.9 cm³/mol. The van der Waals surface area contributed by atoms with Gasteiger partial charge >= 0.3 is 0 Å². The Labute approximate surface area is 96.8 Å². The molecule has 0 spiro atoms. The quantitative estimate of drug-likeness (QED) is 0.843. The Hall–Kier alpha value is -1.06. The van der Waals surface area contributed by atoms with Crippen molar-refractivity contribution in [3.8, 4) is 5.75 Å². The van der Waals surface area contributed by atoms with Crippen LogP contribution in [-0.2, 0) is 4.74 Å². The number of likely N-dealkylation sites (N-methyl/N-ethyl adjacent to an activating group) is 1. The van der Waals surface area contributed by atoms with Crippen LogP contribution in [0.3, 0.4) is 0 Å². The van der Waals surface area contributed by atoms with Crippen LogP contribution >= 0.6 is 0 Å². The molecule has 88 valence electrons. The lowest BCUT2D eigenvalue weighted by atomic mass is 10.1. The van der Waals surface area contributed by atoms with Crippen molar-refractivity contribution in [2.24, 2.45) is 0 Å². The maximum Gasteiger partial charge on any atom is 0.137 e. The van der Waals surface area contributed by atoms with Crippen LogP contribution in [0.4, 0.5) is 0 Å². The van der Waals surface area contributed by atoms with Gasteiger partial charge in [0.2, 0.25) is 0 Å². The molecule has 1 fully saturated rings. The van der Waals surface area contributed by atoms with Gasteiger partial charge in [-0.2, -0.15) is 0 Å². The van der Waals surface area contributed by atoms with E-state index in [0.717, 1.165) is 18.8 Å². The van der Waals surface area contributed by atoms with Crippen molar-refractivity contribution in [1.29, 1.82) is 0 Å². The fraction of sp³-hybridized carbons (Fsp3) is 0.538. The summed E-state index contributed by atoms with van der Waals surface area (Å²) >= 11 is 0. The van der Waals surface area contributed by atoms with Gasteiger partial charge in [0.15, 0.2) is 0 Å². The van der Waals surface area contributed by atoms with E-state index < -0.39 is 0 Å². The topological polar surface area (TPSA) is 30.5 Å². The summed E-state index contributed by atoms with van der Waals surface area (Å²) in [5, 5.41) is 3.29. The highest BCUT2D eigenvalue weighted by Crippen LogP contribution is 2.21. The van der Waals surface area contributed by atoms with Crippen molar-refractivity contribution in [3.05, 3.63) is 29.8 Å². The molecule has 1 aromatic rings. The zero-order valence-electron chi connectivity index (χ0n) is 9.90. The molecular weight excluding hydrogens is 202 g/mol. The molecule has 0 radical (unpaired) electrons. The van der Waals surface area contributed by atoms with E-state index in [-0.39, 0.29) is 6.10 Å². The number of rotatable bonds is 3. The summed E-state index contributed by atoms with van der Waals surface area (Å²) in [6.45, 7) is 3.55. The van der Waals surface area contributed by atoms with Crippen LogP contribution in [0.2, 0.25) is 0 Å². The largest absolute Gasteiger partial charge is 0.486 e. The van der Waals surface area contributed by atoms with Crippen molar-refractivity contribution in [2.75, 3.05) is 20.3 Å². The number of hydrogen-bond acceptors (Lipinski definition) is 3. The number of hydrogen-bond donors (Lipinski definition) is 1. The molecule has 0 saturated carbocycles. The average molecular weight is 221 g/mol. The molecule has 3 heteroatoms. The Kier molecular flexibility index (Phi) is 3.80. The Bertz CT molecular complexity index is 340. The van der Waals surface area contributed by atoms with Crippen molar-refractivity contribution in [1.82, 2.24) is 5.32 Å². The second kappa shape index (κ2) is 5.32. The Balaban J connectivity index is 2.05. The van der Waals surface area contributed by atoms with Gasteiger partial charge in [0.1, 0.15) is 11.9 Å². The monoisotopic (exact) mass is 221 g/mol. The standard InChI is InChI=1S/C13H19NO2/c1-10-5-3-4-6-12(10)16-13-9-15-8-7-11(13)14-2/h3-6,11,13-14H,7-9H2,1-2H3. The first-order valence-corrected chi connectivity index (χ1v) is 5.78. The van der Waals surface area contributed by atoms with E-state index in [9.17, 15) is 0 Å². The Morgan fingerprint density at radius 2 is 2.19 bits per heavy atom. The molecule has 1 heterocycles. The number of benzene rings is 1. The van der Waals surface area contributed by atoms with Crippen LogP contribution in [0.5, 0.6) is 5.75 Å². The zero-order valence-corrected chi connectivity index (χ0v) is 9.90. The smallest absolute Gasteiger partial charge is 0.137 e. The fourth-order valence-electron chi connectivity index (χ4n) is 2.01. The highest BCUT2D eigenvalue weighted by atomic mass is 16.5. The van der Waals surface area contributed by atoms with E-state index in [2.05, 4.69) is 18.3 Å². The summed E-state index contributed by atoms with van der Waals surface area (Å²) in [4.78, 5) is 0. The summed E-state index contributed by atoms with van der Waals surface area (Å²) in [7, 11) is 1.98. The van der Waals surface area contributed by atoms with Crippen molar-refractivity contribution < 1.29 is 9.47 Å². The SMILES string of the molecule is CNC1CCOCC1Oc1ccccc1C. The number of ether oxygens (including phenoxy) is 2. The number of nitrogens with one attached hydrogen (secondary N) is 1. The molecule has 1 aliphatic heterocycles. The lowest BCUT2D eigenvalue weighted by Gasteiger charge is -2.31. The fourth-order valence-corrected chi connectivity index (χ4v) is 2.01. The summed E-state index contributed by atoms with van der Waals surface area (Å²) < 4.78 is 11.5. The number of para-hydroxylation sites is 1. The van der Waals surface area contributed by atoms with Gasteiger partial charge in [0.25, 0.3) is 0 Å². The van der Waals surface area contributed by atoms with E-state index in [1.807, 2.05) is 25.2 Å². The van der Waals surface area contributed by atoms with Gasteiger partial charge in [0, 0.05) is 12.6 Å². The van der Waals surface area contributed by atoms with E-state index in [1.165, 1.54) is 5.56 Å². The molecule has 1 aromatic carbocycles. The summed E-state index contributed by atoms with van der Waals surface area (Å²) in [5.74, 6) is 0.957. The van der Waals surface area contributed by atoms with Crippen LogP contribution < -0.4 is 10.1 Å². The lowest BCUT2D eigenvalue weighted by molar-refractivity contribution is -0.0131. The number of aryl methyl sites for hydroxylation is 1. The third kappa shape index (κ3) is 2.54. The first kappa shape index (κ1) is 11.4. The van der Waals surface area contributed by atoms with E-state index >= 15 is 0 Å². The maximum atomic E-state index is 6.00. The van der Waals surface area contributed by atoms with Gasteiger partial charge in [-0.1, -0.05) is 18.2 Å². The molecule has 2 rings (SSSR count). The summed E-state index contributed by atoms with van der Waals surface area (Å²) in [6.07, 6.45) is 1.12. The second-order valence-corrected chi connectivity index (χ2v) is 4.18. The van der Waals surface area contributed by atoms with E-state index in [1.54, 1.807) is 0 Å². The first-order valence-electron chi connectivity index (χ1n) is 5.78. The minimum Gasteiger partial charge on any atom is -0.486 e. The van der Waals surface area contributed by atoms with Crippen molar-refractivity contribution >= 4 is 0 Å². The van der Waals surface area contributed by atoms with Gasteiger partial charge in [-0.25, -0.2) is 0 Å². The molecule has 1 saturated heterocycles. The molecular formula is C13H19NO2. The normalized spacial score (nSPS) is 25.4. The highest BCUT2D eigenvalue weighted by molar-refractivity contribution is 5.32. The van der Waals surface area contributed by atoms with Gasteiger partial charge in [-0.3, -0.25) is 0 Å². The van der Waals surface area contributed by atoms with E-state index in [0.29, 0.717) is 12.6 Å². The highest BCUT2D eigenvalue weighted by Gasteiger charge is 2.26. The molecule has 16 heavy (non-hydrogen) atoms. The minimum absolute atomic E-state index is 0.111. The summed E-state index contributed by atoms with van der Waals surface area (Å²) in [6, 6.07) is 8.48. The lowest BCUT2D eigenvalue weighted by Crippen LogP contribution is -2.48. The van der Waals surface area contributed by atoms with Gasteiger partial charge in [-0.15, -0.1) is 0 Å². The molecule has 0 aromatic heterocycles. The van der Waals surface area contributed by atoms with Crippen molar-refractivity contribution in [3.63, 3.8) is 0 Å². The molecule has 2 unspecified atom stereocenters. The van der Waals surface area contributed by atoms with Crippen LogP contribution in [0.25, 0.3) is 0 Å². The zero-order chi connectivity index (χ0) is 11.4. The second-order valence-electron chi connectivity index (χ2n) is 4.18. The molecule has 0 aliphatic carbocycles. The van der Waals surface area contributed by atoms with Crippen LogP contribution in [-0.4, -0.2) is 32.4 Å². The van der Waals surface area contributed by atoms with Gasteiger partial charge < -0.3 is 14.8 Å². The van der Waals surface area contributed by atoms with E-state index in [4.69, 9.17) is 9.47 Å². The summed E-state index contributed by atoms with van der Waals surface area (Å²) in [5.41, 5.74) is 1.17. The molecule has 1 N–H and O–H groups in total. The Morgan fingerprint density at radius 3 is 2.94 bits per heavy atom. The molecule has 1 aliphatic rings. The van der Waals surface area contributed by atoms with Crippen LogP contribution in [0.1, 0.15) is 12.0 Å². The third-order valence-electron chi connectivity index (χ3n) is 3.05. The first-order chi connectivity index (χ1) is 7.81. The molecule has 3 nitrogen and oxygen atoms in total. The van der Waals surface area contributed by atoms with Crippen LogP contribution in [0.15, 0.2) is 24.3 Å². The van der Waals surface area contributed by atoms with Gasteiger partial charge in [0.05, 0.1) is 6.61 Å². The minimum atomic E-state index is 0.111. The van der Waals surface area contributed by atoms with Gasteiger partial charge in [-0.05, 0) is 32.0 Å². The Morgan fingerprint density at radius 1 is 1.38 bits per heavy atom. The molecule has 2 atom stereocenters. The van der Waals surface area contributed by atoms with Crippen molar-refractivity contribution in [2.45, 2.75) is 25.5 Å². The average Bonchev–Trinajstić information content (AvgIpc) is 2.33. The predicted octanol–water partition coefficient (Wildman–Crippen LogP) is 1.75.